The van der Waals surface area contributed by atoms with Gasteiger partial charge in [0.05, 0.1) is 12.8 Å². The fourth-order valence-electron chi connectivity index (χ4n) is 6.00. The molecule has 1 aromatic heterocycles. The molecule has 2 atom stereocenters. The Kier molecular flexibility index (Phi) is 9.18. The molecule has 0 N–H and O–H groups in total. The van der Waals surface area contributed by atoms with E-state index in [1.165, 1.54) is 32.7 Å². The molecule has 2 aliphatic heterocycles. The highest BCUT2D eigenvalue weighted by molar-refractivity contribution is 5.81. The quantitative estimate of drug-likeness (QED) is 0.389. The minimum absolute atomic E-state index is 0.174. The summed E-state index contributed by atoms with van der Waals surface area (Å²) in [6.45, 7) is 12.5. The van der Waals surface area contributed by atoms with E-state index in [1.54, 1.807) is 12.1 Å². The van der Waals surface area contributed by atoms with Crippen molar-refractivity contribution in [2.75, 3.05) is 39.8 Å². The Morgan fingerprint density at radius 1 is 1.14 bits per heavy atom. The summed E-state index contributed by atoms with van der Waals surface area (Å²) in [7, 11) is 1.51. The van der Waals surface area contributed by atoms with Crippen molar-refractivity contribution in [3.05, 3.63) is 35.5 Å². The number of aromatic nitrogens is 1. The van der Waals surface area contributed by atoms with Gasteiger partial charge in [-0.25, -0.2) is 9.37 Å². The van der Waals surface area contributed by atoms with Gasteiger partial charge in [-0.05, 0) is 82.6 Å². The topological polar surface area (TPSA) is 58.8 Å². The van der Waals surface area contributed by atoms with Gasteiger partial charge in [0.25, 0.3) is 0 Å². The number of ether oxygens (including phenoxy) is 1. The number of nitrogens with zero attached hydrogens (tertiary/aromatic N) is 3. The van der Waals surface area contributed by atoms with Gasteiger partial charge in [-0.3, -0.25) is 9.69 Å². The number of likely N-dealkylation sites (tertiary alicyclic amines) is 2. The van der Waals surface area contributed by atoms with E-state index in [1.807, 2.05) is 6.92 Å². The number of benzene rings is 1. The maximum Gasteiger partial charge on any atom is 0.233 e. The Morgan fingerprint density at radius 2 is 1.86 bits per heavy atom. The van der Waals surface area contributed by atoms with E-state index >= 15 is 0 Å². The summed E-state index contributed by atoms with van der Waals surface area (Å²) in [5, 5.41) is 0. The minimum atomic E-state index is -0.415. The lowest BCUT2D eigenvalue weighted by atomic mass is 9.89. The second-order valence-electron chi connectivity index (χ2n) is 11.0. The minimum Gasteiger partial charge on any atom is -0.496 e. The standard InChI is InChI=1S/C29H42FN3O3/c1-20-16-21(2)18-33(17-20)13-6-5-9-26(34)23-11-14-32(15-12-23)19-25-22(3)36-29(31-25)28-24(30)8-7-10-27(28)35-4/h7-8,10,20-21,23H,5-6,9,11-19H2,1-4H3/t20-,21+. The number of rotatable bonds is 10. The lowest BCUT2D eigenvalue weighted by Crippen LogP contribution is -2.39. The smallest absolute Gasteiger partial charge is 0.233 e. The third kappa shape index (κ3) is 6.74. The number of carbonyl (C=O) groups is 1. The summed E-state index contributed by atoms with van der Waals surface area (Å²) >= 11 is 0. The fraction of sp³-hybridized carbons (Fsp3) is 0.655. The summed E-state index contributed by atoms with van der Waals surface area (Å²) < 4.78 is 25.6. The second-order valence-corrected chi connectivity index (χ2v) is 11.0. The second kappa shape index (κ2) is 12.3. The van der Waals surface area contributed by atoms with Crippen LogP contribution in [0.2, 0.25) is 0 Å². The number of hydrogen-bond donors (Lipinski definition) is 0. The zero-order chi connectivity index (χ0) is 25.7. The van der Waals surface area contributed by atoms with Crippen LogP contribution in [0.25, 0.3) is 11.5 Å². The molecule has 198 valence electrons. The fourth-order valence-corrected chi connectivity index (χ4v) is 6.00. The predicted molar refractivity (Wildman–Crippen MR) is 139 cm³/mol. The summed E-state index contributed by atoms with van der Waals surface area (Å²) in [5.41, 5.74) is 1.06. The van der Waals surface area contributed by atoms with Gasteiger partial charge in [-0.1, -0.05) is 19.9 Å². The molecule has 0 bridgehead atoms. The molecular formula is C29H42FN3O3. The molecule has 0 spiro atoms. The Hall–Kier alpha value is -2.25. The maximum absolute atomic E-state index is 14.5. The number of halogens is 1. The molecule has 0 amide bonds. The van der Waals surface area contributed by atoms with Crippen molar-refractivity contribution in [3.8, 4) is 17.2 Å². The number of methoxy groups -OCH3 is 1. The van der Waals surface area contributed by atoms with Crippen LogP contribution in [-0.2, 0) is 11.3 Å². The molecule has 4 rings (SSSR count). The van der Waals surface area contributed by atoms with Crippen LogP contribution in [0.3, 0.4) is 0 Å². The van der Waals surface area contributed by atoms with Gasteiger partial charge in [0.2, 0.25) is 5.89 Å². The zero-order valence-electron chi connectivity index (χ0n) is 22.4. The Bertz CT molecular complexity index is 1010. The number of oxazole rings is 1. The molecular weight excluding hydrogens is 457 g/mol. The summed E-state index contributed by atoms with van der Waals surface area (Å²) in [6, 6.07) is 4.69. The van der Waals surface area contributed by atoms with Gasteiger partial charge in [-0.2, -0.15) is 0 Å². The van der Waals surface area contributed by atoms with Gasteiger partial charge < -0.3 is 14.1 Å². The van der Waals surface area contributed by atoms with Gasteiger partial charge in [0.1, 0.15) is 28.7 Å². The normalized spacial score (nSPS) is 22.1. The molecule has 1 aromatic carbocycles. The molecule has 2 aromatic rings. The van der Waals surface area contributed by atoms with Crippen LogP contribution in [-0.4, -0.2) is 60.4 Å². The first-order valence-electron chi connectivity index (χ1n) is 13.6. The van der Waals surface area contributed by atoms with E-state index in [0.29, 0.717) is 30.3 Å². The monoisotopic (exact) mass is 499 g/mol. The third-order valence-corrected chi connectivity index (χ3v) is 7.81. The Balaban J connectivity index is 1.21. The van der Waals surface area contributed by atoms with Crippen molar-refractivity contribution in [3.63, 3.8) is 0 Å². The van der Waals surface area contributed by atoms with Crippen LogP contribution in [0, 0.1) is 30.5 Å². The lowest BCUT2D eigenvalue weighted by Gasteiger charge is -2.35. The highest BCUT2D eigenvalue weighted by atomic mass is 19.1. The average Bonchev–Trinajstić information content (AvgIpc) is 3.20. The van der Waals surface area contributed by atoms with Crippen molar-refractivity contribution in [1.29, 1.82) is 0 Å². The van der Waals surface area contributed by atoms with Crippen molar-refractivity contribution in [2.45, 2.75) is 65.8 Å². The number of unbranched alkanes of at least 4 members (excludes halogenated alkanes) is 1. The molecule has 0 saturated carbocycles. The van der Waals surface area contributed by atoms with E-state index < -0.39 is 5.82 Å². The molecule has 36 heavy (non-hydrogen) atoms. The van der Waals surface area contributed by atoms with Crippen molar-refractivity contribution in [2.24, 2.45) is 17.8 Å². The first kappa shape index (κ1) is 26.8. The number of piperidine rings is 2. The van der Waals surface area contributed by atoms with Gasteiger partial charge in [0.15, 0.2) is 0 Å². The highest BCUT2D eigenvalue weighted by Crippen LogP contribution is 2.33. The highest BCUT2D eigenvalue weighted by Gasteiger charge is 2.27. The Labute approximate surface area is 215 Å². The third-order valence-electron chi connectivity index (χ3n) is 7.81. The summed E-state index contributed by atoms with van der Waals surface area (Å²) in [6.07, 6.45) is 5.95. The first-order valence-corrected chi connectivity index (χ1v) is 13.6. The number of carbonyl (C=O) groups excluding carboxylic acids is 1. The molecule has 2 fully saturated rings. The molecule has 2 aliphatic rings. The van der Waals surface area contributed by atoms with Gasteiger partial charge in [-0.15, -0.1) is 0 Å². The van der Waals surface area contributed by atoms with Crippen molar-refractivity contribution >= 4 is 5.78 Å². The first-order chi connectivity index (χ1) is 17.3. The average molecular weight is 500 g/mol. The molecule has 7 heteroatoms. The van der Waals surface area contributed by atoms with Crippen molar-refractivity contribution in [1.82, 2.24) is 14.8 Å². The van der Waals surface area contributed by atoms with E-state index in [0.717, 1.165) is 62.8 Å². The van der Waals surface area contributed by atoms with Crippen LogP contribution >= 0.6 is 0 Å². The van der Waals surface area contributed by atoms with Crippen LogP contribution in [0.15, 0.2) is 22.6 Å². The summed E-state index contributed by atoms with van der Waals surface area (Å²) in [5.74, 6) is 3.10. The van der Waals surface area contributed by atoms with E-state index in [2.05, 4.69) is 28.6 Å². The molecule has 0 radical (unpaired) electrons. The number of ketones is 1. The SMILES string of the molecule is COc1cccc(F)c1-c1nc(CN2CCC(C(=O)CCCCN3C[C@H](C)C[C@H](C)C3)CC2)c(C)o1. The summed E-state index contributed by atoms with van der Waals surface area (Å²) in [4.78, 5) is 22.3. The molecule has 2 saturated heterocycles. The maximum atomic E-state index is 14.5. The molecule has 0 aliphatic carbocycles. The van der Waals surface area contributed by atoms with Gasteiger partial charge in [0, 0.05) is 32.0 Å². The van der Waals surface area contributed by atoms with Crippen LogP contribution in [0.4, 0.5) is 4.39 Å². The molecule has 3 heterocycles. The number of hydrogen-bond acceptors (Lipinski definition) is 6. The predicted octanol–water partition coefficient (Wildman–Crippen LogP) is 5.73. The zero-order valence-corrected chi connectivity index (χ0v) is 22.4. The van der Waals surface area contributed by atoms with Gasteiger partial charge >= 0.3 is 0 Å². The molecule has 0 unspecified atom stereocenters. The molecule has 6 nitrogen and oxygen atoms in total. The number of Topliss-reactive ketones (excluding diaryl/α,β-unsaturated/α-hetero) is 1. The van der Waals surface area contributed by atoms with Crippen LogP contribution in [0.1, 0.15) is 63.8 Å². The Morgan fingerprint density at radius 3 is 2.56 bits per heavy atom. The van der Waals surface area contributed by atoms with E-state index in [4.69, 9.17) is 9.15 Å². The van der Waals surface area contributed by atoms with E-state index in [-0.39, 0.29) is 17.4 Å². The number of aryl methyl sites for hydroxylation is 1. The van der Waals surface area contributed by atoms with Crippen molar-refractivity contribution < 1.29 is 18.3 Å². The van der Waals surface area contributed by atoms with Crippen LogP contribution in [0.5, 0.6) is 5.75 Å². The van der Waals surface area contributed by atoms with E-state index in [9.17, 15) is 9.18 Å². The van der Waals surface area contributed by atoms with Crippen LogP contribution < -0.4 is 4.74 Å². The largest absolute Gasteiger partial charge is 0.496 e. The lowest BCUT2D eigenvalue weighted by molar-refractivity contribution is -0.124.